The topological polar surface area (TPSA) is 17.1 Å². The van der Waals surface area contributed by atoms with Crippen LogP contribution in [0.2, 0.25) is 0 Å². The van der Waals surface area contributed by atoms with E-state index in [9.17, 15) is 4.79 Å². The Balaban J connectivity index is 0.00000192. The van der Waals surface area contributed by atoms with Crippen molar-refractivity contribution in [3.05, 3.63) is 96.8 Å². The van der Waals surface area contributed by atoms with Crippen LogP contribution in [0.5, 0.6) is 0 Å². The Bertz CT molecular complexity index is 685. The van der Waals surface area contributed by atoms with Gasteiger partial charge in [0, 0.05) is 0 Å². The molecule has 3 aromatic carbocycles. The molecule has 0 saturated carbocycles. The first-order valence-electron chi connectivity index (χ1n) is 7.15. The summed E-state index contributed by atoms with van der Waals surface area (Å²) in [6.45, 7) is 0. The maximum Gasteiger partial charge on any atom is 0.164 e. The fourth-order valence-electron chi connectivity index (χ4n) is 2.74. The summed E-state index contributed by atoms with van der Waals surface area (Å²) in [5.41, 5.74) is 0. The minimum atomic E-state index is -2.10. The van der Waals surface area contributed by atoms with E-state index in [0.717, 1.165) is 15.9 Å². The highest BCUT2D eigenvalue weighted by atomic mass is 79.9. The summed E-state index contributed by atoms with van der Waals surface area (Å²) in [6.07, 6.45) is 0. The molecule has 0 saturated heterocycles. The van der Waals surface area contributed by atoms with Crippen molar-refractivity contribution in [3.63, 3.8) is 0 Å². The Morgan fingerprint density at radius 1 is 0.609 bits per heavy atom. The molecule has 0 unspecified atom stereocenters. The molecule has 114 valence electrons. The molecule has 0 fully saturated rings. The van der Waals surface area contributed by atoms with Crippen molar-refractivity contribution in [2.24, 2.45) is 0 Å². The van der Waals surface area contributed by atoms with Gasteiger partial charge < -0.3 is 17.0 Å². The van der Waals surface area contributed by atoms with Gasteiger partial charge in [0.15, 0.2) is 11.8 Å². The molecular formula is C20H16BrOP. The second-order valence-corrected chi connectivity index (χ2v) is 8.23. The molecule has 3 heteroatoms. The summed E-state index contributed by atoms with van der Waals surface area (Å²) in [4.78, 5) is 11.4. The van der Waals surface area contributed by atoms with E-state index in [1.165, 1.54) is 0 Å². The van der Waals surface area contributed by atoms with Crippen molar-refractivity contribution < 1.29 is 21.8 Å². The van der Waals surface area contributed by atoms with Gasteiger partial charge in [-0.15, -0.1) is 0 Å². The van der Waals surface area contributed by atoms with Gasteiger partial charge in [0.2, 0.25) is 0 Å². The van der Waals surface area contributed by atoms with Crippen molar-refractivity contribution >= 4 is 29.1 Å². The molecule has 0 spiro atoms. The monoisotopic (exact) mass is 382 g/mol. The third-order valence-corrected chi connectivity index (χ3v) is 7.57. The first-order chi connectivity index (χ1) is 10.9. The Morgan fingerprint density at radius 2 is 0.913 bits per heavy atom. The zero-order valence-electron chi connectivity index (χ0n) is 12.5. The normalized spacial score (nSPS) is 10.3. The summed E-state index contributed by atoms with van der Waals surface area (Å²) in [6, 6.07) is 30.7. The molecule has 23 heavy (non-hydrogen) atoms. The summed E-state index contributed by atoms with van der Waals surface area (Å²) in [5.74, 6) is 3.81. The predicted molar refractivity (Wildman–Crippen MR) is 95.4 cm³/mol. The van der Waals surface area contributed by atoms with Crippen molar-refractivity contribution in [1.29, 1.82) is 0 Å². The molecule has 0 atom stereocenters. The number of rotatable bonds is 4. The standard InChI is InChI=1S/C20H16OP.BrH/c21-16-17-22(18-10-4-1-5-11-18,19-12-6-2-7-13-19)20-14-8-3-9-15-20;/h1-15,17H;1H/q+1;/p-1. The average Bonchev–Trinajstić information content (AvgIpc) is 2.62. The first kappa shape index (κ1) is 17.4. The summed E-state index contributed by atoms with van der Waals surface area (Å²) in [7, 11) is -2.10. The van der Waals surface area contributed by atoms with Gasteiger partial charge in [-0.25, -0.2) is 4.79 Å². The molecule has 0 N–H and O–H groups in total. The lowest BCUT2D eigenvalue weighted by Gasteiger charge is -2.22. The number of hydrogen-bond donors (Lipinski definition) is 0. The van der Waals surface area contributed by atoms with Gasteiger partial charge >= 0.3 is 0 Å². The Hall–Kier alpha value is -1.98. The Morgan fingerprint density at radius 3 is 1.17 bits per heavy atom. The zero-order valence-corrected chi connectivity index (χ0v) is 15.0. The lowest BCUT2D eigenvalue weighted by Crippen LogP contribution is -3.00. The molecular weight excluding hydrogens is 367 g/mol. The van der Waals surface area contributed by atoms with E-state index >= 15 is 0 Å². The van der Waals surface area contributed by atoms with Crippen LogP contribution in [0.25, 0.3) is 0 Å². The van der Waals surface area contributed by atoms with Crippen LogP contribution in [0.1, 0.15) is 0 Å². The van der Waals surface area contributed by atoms with E-state index < -0.39 is 7.26 Å². The van der Waals surface area contributed by atoms with Crippen LogP contribution in [-0.4, -0.2) is 5.94 Å². The third kappa shape index (κ3) is 3.35. The minimum absolute atomic E-state index is 0. The molecule has 0 radical (unpaired) electrons. The molecule has 0 aliphatic carbocycles. The van der Waals surface area contributed by atoms with E-state index in [-0.39, 0.29) is 17.0 Å². The van der Waals surface area contributed by atoms with Crippen molar-refractivity contribution in [3.8, 4) is 0 Å². The van der Waals surface area contributed by atoms with Crippen LogP contribution in [0.4, 0.5) is 0 Å². The van der Waals surface area contributed by atoms with Crippen molar-refractivity contribution in [2.45, 2.75) is 0 Å². The molecule has 3 rings (SSSR count). The number of benzene rings is 3. The smallest absolute Gasteiger partial charge is 0.164 e. The maximum atomic E-state index is 11.4. The van der Waals surface area contributed by atoms with Gasteiger partial charge in [0.25, 0.3) is 0 Å². The van der Waals surface area contributed by atoms with Crippen molar-refractivity contribution in [1.82, 2.24) is 0 Å². The van der Waals surface area contributed by atoms with Crippen LogP contribution in [0.15, 0.2) is 96.8 Å². The highest BCUT2D eigenvalue weighted by Gasteiger charge is 2.43. The molecule has 0 aromatic heterocycles. The molecule has 0 aliphatic rings. The molecule has 3 aromatic rings. The zero-order chi connectivity index (χ0) is 15.3. The second-order valence-electron chi connectivity index (χ2n) is 4.98. The summed E-state index contributed by atoms with van der Waals surface area (Å²) < 4.78 is 0. The van der Waals surface area contributed by atoms with Gasteiger partial charge in [-0.05, 0) is 36.4 Å². The van der Waals surface area contributed by atoms with Crippen LogP contribution in [-0.2, 0) is 4.79 Å². The first-order valence-corrected chi connectivity index (χ1v) is 9.01. The molecule has 0 heterocycles. The number of halogens is 1. The maximum absolute atomic E-state index is 11.4. The second kappa shape index (κ2) is 8.04. The lowest BCUT2D eigenvalue weighted by molar-refractivity contribution is -0.00000528. The average molecular weight is 383 g/mol. The Labute approximate surface area is 147 Å². The van der Waals surface area contributed by atoms with E-state index in [1.807, 2.05) is 54.6 Å². The lowest BCUT2D eigenvalue weighted by atomic mass is 10.4. The predicted octanol–water partition coefficient (Wildman–Crippen LogP) is 0.330. The molecule has 0 amide bonds. The largest absolute Gasteiger partial charge is 1.00 e. The highest BCUT2D eigenvalue weighted by Crippen LogP contribution is 2.55. The fourth-order valence-corrected chi connectivity index (χ4v) is 6.17. The third-order valence-electron chi connectivity index (χ3n) is 3.74. The molecule has 0 bridgehead atoms. The van der Waals surface area contributed by atoms with E-state index in [0.29, 0.717) is 0 Å². The summed E-state index contributed by atoms with van der Waals surface area (Å²) >= 11 is 0. The summed E-state index contributed by atoms with van der Waals surface area (Å²) in [5, 5.41) is 3.49. The number of carbonyl (C=O) groups excluding carboxylic acids is 1. The van der Waals surface area contributed by atoms with E-state index in [1.54, 1.807) is 5.82 Å². The molecule has 0 aliphatic heterocycles. The van der Waals surface area contributed by atoms with Gasteiger partial charge in [-0.1, -0.05) is 54.6 Å². The fraction of sp³-hybridized carbons (Fsp3) is 0. The van der Waals surface area contributed by atoms with E-state index in [4.69, 9.17) is 0 Å². The van der Waals surface area contributed by atoms with Crippen molar-refractivity contribution in [2.75, 3.05) is 0 Å². The SMILES string of the molecule is O=C=C[P+](c1ccccc1)(c1ccccc1)c1ccccc1.[Br-]. The van der Waals surface area contributed by atoms with Gasteiger partial charge in [0.05, 0.1) is 0 Å². The molecule has 1 nitrogen and oxygen atoms in total. The van der Waals surface area contributed by atoms with Crippen LogP contribution in [0, 0.1) is 0 Å². The quantitative estimate of drug-likeness (QED) is 0.469. The minimum Gasteiger partial charge on any atom is -1.00 e. The van der Waals surface area contributed by atoms with Crippen LogP contribution in [0.3, 0.4) is 0 Å². The highest BCUT2D eigenvalue weighted by molar-refractivity contribution is 7.98. The van der Waals surface area contributed by atoms with Crippen LogP contribution >= 0.6 is 7.26 Å². The number of hydrogen-bond acceptors (Lipinski definition) is 1. The van der Waals surface area contributed by atoms with Gasteiger partial charge in [-0.2, -0.15) is 0 Å². The van der Waals surface area contributed by atoms with E-state index in [2.05, 4.69) is 42.3 Å². The van der Waals surface area contributed by atoms with Crippen LogP contribution < -0.4 is 32.9 Å². The van der Waals surface area contributed by atoms with Gasteiger partial charge in [-0.3, -0.25) is 0 Å². The van der Waals surface area contributed by atoms with Gasteiger partial charge in [0.1, 0.15) is 23.2 Å². The Kier molecular flexibility index (Phi) is 6.07.